The van der Waals surface area contributed by atoms with Crippen LogP contribution in [0.1, 0.15) is 30.8 Å². The zero-order valence-electron chi connectivity index (χ0n) is 12.5. The van der Waals surface area contributed by atoms with Gasteiger partial charge in [-0.05, 0) is 19.1 Å². The monoisotopic (exact) mass is 308 g/mol. The molecular weight excluding hydrogens is 288 g/mol. The summed E-state index contributed by atoms with van der Waals surface area (Å²) in [5, 5.41) is 4.07. The summed E-state index contributed by atoms with van der Waals surface area (Å²) in [6, 6.07) is 7.63. The fraction of sp³-hybridized carbons (Fsp3) is 0.467. The molecule has 114 valence electrons. The average molecular weight is 308 g/mol. The van der Waals surface area contributed by atoms with Gasteiger partial charge < -0.3 is 14.0 Å². The summed E-state index contributed by atoms with van der Waals surface area (Å²) in [5.41, 5.74) is 0. The Balaban J connectivity index is 1.76. The molecule has 0 radical (unpaired) electrons. The first-order valence-electron chi connectivity index (χ1n) is 6.94. The molecule has 0 spiro atoms. The van der Waals surface area contributed by atoms with Gasteiger partial charge >= 0.3 is 0 Å². The molecule has 0 aliphatic carbocycles. The highest BCUT2D eigenvalue weighted by Gasteiger charge is 2.14. The zero-order chi connectivity index (χ0) is 15.1. The maximum atomic E-state index is 5.73. The van der Waals surface area contributed by atoms with Crippen molar-refractivity contribution in [1.29, 1.82) is 0 Å². The molecule has 2 rings (SSSR count). The largest absolute Gasteiger partial charge is 0.493 e. The molecule has 1 aromatic carbocycles. The second-order valence-electron chi connectivity index (χ2n) is 4.41. The third kappa shape index (κ3) is 4.39. The van der Waals surface area contributed by atoms with E-state index in [9.17, 15) is 0 Å². The Morgan fingerprint density at radius 1 is 1.29 bits per heavy atom. The van der Waals surface area contributed by atoms with Crippen molar-refractivity contribution < 1.29 is 14.0 Å². The number of benzene rings is 1. The number of rotatable bonds is 8. The number of thioether (sulfide) groups is 1. The van der Waals surface area contributed by atoms with Crippen LogP contribution in [0.5, 0.6) is 11.5 Å². The molecule has 1 atom stereocenters. The van der Waals surface area contributed by atoms with Gasteiger partial charge in [0.1, 0.15) is 0 Å². The summed E-state index contributed by atoms with van der Waals surface area (Å²) in [5.74, 6) is 3.78. The van der Waals surface area contributed by atoms with E-state index < -0.39 is 0 Å². The molecule has 1 aromatic heterocycles. The van der Waals surface area contributed by atoms with Crippen LogP contribution in [-0.2, 0) is 6.42 Å². The highest BCUT2D eigenvalue weighted by Crippen LogP contribution is 2.28. The van der Waals surface area contributed by atoms with Crippen LogP contribution in [0.4, 0.5) is 0 Å². The Labute approximate surface area is 129 Å². The number of ether oxygens (including phenoxy) is 2. The van der Waals surface area contributed by atoms with E-state index in [1.165, 1.54) is 0 Å². The number of methoxy groups -OCH3 is 1. The van der Waals surface area contributed by atoms with Gasteiger partial charge in [0.25, 0.3) is 0 Å². The quantitative estimate of drug-likeness (QED) is 0.696. The van der Waals surface area contributed by atoms with Crippen LogP contribution >= 0.6 is 11.8 Å². The van der Waals surface area contributed by atoms with Crippen molar-refractivity contribution in [3.05, 3.63) is 36.0 Å². The summed E-state index contributed by atoms with van der Waals surface area (Å²) in [7, 11) is 1.64. The number of nitrogens with zero attached hydrogens (tertiary/aromatic N) is 2. The first-order chi connectivity index (χ1) is 10.2. The molecule has 0 aliphatic rings. The third-order valence-electron chi connectivity index (χ3n) is 2.93. The Morgan fingerprint density at radius 3 is 2.71 bits per heavy atom. The topological polar surface area (TPSA) is 57.4 Å². The fourth-order valence-electron chi connectivity index (χ4n) is 1.76. The molecule has 1 heterocycles. The molecule has 0 saturated heterocycles. The lowest BCUT2D eigenvalue weighted by Gasteiger charge is -2.11. The van der Waals surface area contributed by atoms with E-state index in [-0.39, 0.29) is 5.25 Å². The molecule has 0 fully saturated rings. The predicted octanol–water partition coefficient (Wildman–Crippen LogP) is 3.51. The lowest BCUT2D eigenvalue weighted by atomic mass is 10.3. The van der Waals surface area contributed by atoms with Crippen molar-refractivity contribution in [2.75, 3.05) is 19.5 Å². The molecule has 0 N–H and O–H groups in total. The van der Waals surface area contributed by atoms with E-state index in [1.807, 2.05) is 31.2 Å². The number of aryl methyl sites for hydroxylation is 1. The van der Waals surface area contributed by atoms with Crippen LogP contribution < -0.4 is 9.47 Å². The van der Waals surface area contributed by atoms with Crippen molar-refractivity contribution in [2.24, 2.45) is 0 Å². The van der Waals surface area contributed by atoms with Gasteiger partial charge in [-0.3, -0.25) is 0 Å². The molecule has 5 nitrogen and oxygen atoms in total. The maximum Gasteiger partial charge on any atom is 0.239 e. The van der Waals surface area contributed by atoms with Gasteiger partial charge in [0.05, 0.1) is 19.0 Å². The molecule has 21 heavy (non-hydrogen) atoms. The van der Waals surface area contributed by atoms with E-state index >= 15 is 0 Å². The normalized spacial score (nSPS) is 12.1. The maximum absolute atomic E-state index is 5.73. The number of para-hydroxylation sites is 2. The van der Waals surface area contributed by atoms with Crippen LogP contribution in [0.3, 0.4) is 0 Å². The van der Waals surface area contributed by atoms with Gasteiger partial charge in [0.15, 0.2) is 17.3 Å². The van der Waals surface area contributed by atoms with E-state index in [4.69, 9.17) is 14.0 Å². The molecule has 0 amide bonds. The number of aromatic nitrogens is 2. The van der Waals surface area contributed by atoms with E-state index in [2.05, 4.69) is 17.1 Å². The molecule has 6 heteroatoms. The van der Waals surface area contributed by atoms with Gasteiger partial charge in [-0.15, -0.1) is 11.8 Å². The lowest BCUT2D eigenvalue weighted by molar-refractivity contribution is 0.313. The Morgan fingerprint density at radius 2 is 2.05 bits per heavy atom. The summed E-state index contributed by atoms with van der Waals surface area (Å²) in [4.78, 5) is 4.33. The summed E-state index contributed by atoms with van der Waals surface area (Å²) >= 11 is 1.72. The molecule has 0 saturated carbocycles. The van der Waals surface area contributed by atoms with Crippen LogP contribution in [-0.4, -0.2) is 29.6 Å². The third-order valence-corrected chi connectivity index (χ3v) is 4.03. The minimum atomic E-state index is 0.166. The first kappa shape index (κ1) is 15.7. The van der Waals surface area contributed by atoms with Crippen LogP contribution in [0.2, 0.25) is 0 Å². The standard InChI is InChI=1S/C15H20N2O3S/c1-4-14-16-15(20-17-14)11(2)21-10-9-19-13-8-6-5-7-12(13)18-3/h5-8,11H,4,9-10H2,1-3H3/t11-/m0/s1. The van der Waals surface area contributed by atoms with Crippen molar-refractivity contribution in [1.82, 2.24) is 10.1 Å². The van der Waals surface area contributed by atoms with Crippen LogP contribution in [0.15, 0.2) is 28.8 Å². The van der Waals surface area contributed by atoms with Gasteiger partial charge in [-0.25, -0.2) is 0 Å². The molecular formula is C15H20N2O3S. The Bertz CT molecular complexity index is 559. The summed E-state index contributed by atoms with van der Waals surface area (Å²) in [6.45, 7) is 4.67. The molecule has 0 unspecified atom stereocenters. The molecule has 0 bridgehead atoms. The number of hydrogen-bond acceptors (Lipinski definition) is 6. The lowest BCUT2D eigenvalue weighted by Crippen LogP contribution is -2.03. The van der Waals surface area contributed by atoms with E-state index in [1.54, 1.807) is 18.9 Å². The highest BCUT2D eigenvalue weighted by atomic mass is 32.2. The SMILES string of the molecule is CCc1noc([C@H](C)SCCOc2ccccc2OC)n1. The predicted molar refractivity (Wildman–Crippen MR) is 83.0 cm³/mol. The summed E-state index contributed by atoms with van der Waals surface area (Å²) < 4.78 is 16.2. The molecule has 0 aliphatic heterocycles. The van der Waals surface area contributed by atoms with E-state index in [0.717, 1.165) is 29.5 Å². The summed E-state index contributed by atoms with van der Waals surface area (Å²) in [6.07, 6.45) is 0.789. The average Bonchev–Trinajstić information content (AvgIpc) is 3.01. The van der Waals surface area contributed by atoms with Gasteiger partial charge in [-0.1, -0.05) is 24.2 Å². The second-order valence-corrected chi connectivity index (χ2v) is 5.86. The fourth-order valence-corrected chi connectivity index (χ4v) is 2.53. The van der Waals surface area contributed by atoms with Crippen LogP contribution in [0.25, 0.3) is 0 Å². The van der Waals surface area contributed by atoms with Crippen molar-refractivity contribution in [3.63, 3.8) is 0 Å². The Kier molecular flexibility index (Phi) is 5.92. The highest BCUT2D eigenvalue weighted by molar-refractivity contribution is 7.99. The van der Waals surface area contributed by atoms with Crippen molar-refractivity contribution >= 4 is 11.8 Å². The second kappa shape index (κ2) is 7.93. The van der Waals surface area contributed by atoms with E-state index in [0.29, 0.717) is 12.5 Å². The van der Waals surface area contributed by atoms with Crippen molar-refractivity contribution in [3.8, 4) is 11.5 Å². The minimum Gasteiger partial charge on any atom is -0.493 e. The number of hydrogen-bond donors (Lipinski definition) is 0. The Hall–Kier alpha value is -1.69. The van der Waals surface area contributed by atoms with Gasteiger partial charge in [0.2, 0.25) is 5.89 Å². The van der Waals surface area contributed by atoms with Gasteiger partial charge in [-0.2, -0.15) is 4.98 Å². The first-order valence-corrected chi connectivity index (χ1v) is 7.99. The molecule has 2 aromatic rings. The smallest absolute Gasteiger partial charge is 0.239 e. The van der Waals surface area contributed by atoms with Crippen molar-refractivity contribution in [2.45, 2.75) is 25.5 Å². The van der Waals surface area contributed by atoms with Gasteiger partial charge in [0, 0.05) is 12.2 Å². The zero-order valence-corrected chi connectivity index (χ0v) is 13.4. The minimum absolute atomic E-state index is 0.166. The van der Waals surface area contributed by atoms with Crippen LogP contribution in [0, 0.1) is 0 Å².